The van der Waals surface area contributed by atoms with Gasteiger partial charge in [0.1, 0.15) is 0 Å². The molecule has 2 aliphatic heterocycles. The minimum Gasteiger partial charge on any atom is -0.293 e. The topological polar surface area (TPSA) is 40.6 Å². The molecule has 108 valence electrons. The van der Waals surface area contributed by atoms with E-state index in [1.807, 2.05) is 0 Å². The van der Waals surface area contributed by atoms with Crippen LogP contribution in [0.3, 0.4) is 0 Å². The zero-order chi connectivity index (χ0) is 13.7. The summed E-state index contributed by atoms with van der Waals surface area (Å²) >= 11 is 0. The summed E-state index contributed by atoms with van der Waals surface area (Å²) in [7, 11) is -2.95. The largest absolute Gasteiger partial charge is 0.293 e. The van der Waals surface area contributed by atoms with Gasteiger partial charge in [0.05, 0.1) is 5.25 Å². The molecular weight excluding hydrogens is 272 g/mol. The lowest BCUT2D eigenvalue weighted by atomic mass is 9.97. The van der Waals surface area contributed by atoms with Gasteiger partial charge < -0.3 is 0 Å². The molecule has 1 aromatic rings. The Labute approximate surface area is 120 Å². The van der Waals surface area contributed by atoms with Crippen LogP contribution in [0.4, 0.5) is 0 Å². The zero-order valence-corrected chi connectivity index (χ0v) is 12.3. The lowest BCUT2D eigenvalue weighted by Crippen LogP contribution is -2.62. The smallest absolute Gasteiger partial charge is 0.217 e. The highest BCUT2D eigenvalue weighted by atomic mass is 32.2. The molecule has 0 radical (unpaired) electrons. The van der Waals surface area contributed by atoms with E-state index in [1.54, 1.807) is 4.31 Å². The second-order valence-corrected chi connectivity index (χ2v) is 8.42. The minimum absolute atomic E-state index is 0.0643. The molecule has 2 heterocycles. The summed E-state index contributed by atoms with van der Waals surface area (Å²) in [6.07, 6.45) is 2.81. The summed E-state index contributed by atoms with van der Waals surface area (Å²) in [5, 5.41) is -0.0643. The van der Waals surface area contributed by atoms with Crippen molar-refractivity contribution in [2.75, 3.05) is 19.6 Å². The molecule has 4 nitrogen and oxygen atoms in total. The molecule has 2 fully saturated rings. The second-order valence-electron chi connectivity index (χ2n) is 6.20. The number of sulfonamides is 1. The third-order valence-corrected chi connectivity index (χ3v) is 7.14. The van der Waals surface area contributed by atoms with Gasteiger partial charge in [-0.2, -0.15) is 4.31 Å². The van der Waals surface area contributed by atoms with Gasteiger partial charge in [0.15, 0.2) is 0 Å². The van der Waals surface area contributed by atoms with Crippen LogP contribution in [0.5, 0.6) is 0 Å². The van der Waals surface area contributed by atoms with Gasteiger partial charge in [0, 0.05) is 32.2 Å². The zero-order valence-electron chi connectivity index (χ0n) is 11.5. The lowest BCUT2D eigenvalue weighted by molar-refractivity contribution is 0.0768. The first-order valence-corrected chi connectivity index (χ1v) is 8.95. The van der Waals surface area contributed by atoms with Gasteiger partial charge in [0.2, 0.25) is 10.0 Å². The number of rotatable bonds is 3. The van der Waals surface area contributed by atoms with Gasteiger partial charge in [-0.3, -0.25) is 4.90 Å². The van der Waals surface area contributed by atoms with Crippen LogP contribution in [0, 0.1) is 0 Å². The summed E-state index contributed by atoms with van der Waals surface area (Å²) < 4.78 is 25.9. The van der Waals surface area contributed by atoms with E-state index in [-0.39, 0.29) is 5.25 Å². The normalized spacial score (nSPS) is 25.2. The van der Waals surface area contributed by atoms with Crippen molar-refractivity contribution in [2.24, 2.45) is 0 Å². The van der Waals surface area contributed by atoms with E-state index < -0.39 is 10.0 Å². The molecule has 0 atom stereocenters. The van der Waals surface area contributed by atoms with Crippen LogP contribution in [0.15, 0.2) is 24.3 Å². The van der Waals surface area contributed by atoms with Crippen LogP contribution in [0.25, 0.3) is 0 Å². The number of nitrogens with zero attached hydrogens (tertiary/aromatic N) is 2. The third-order valence-electron chi connectivity index (χ3n) is 4.81. The highest BCUT2D eigenvalue weighted by molar-refractivity contribution is 7.90. The van der Waals surface area contributed by atoms with Gasteiger partial charge in [-0.1, -0.05) is 24.3 Å². The van der Waals surface area contributed by atoms with Crippen LogP contribution in [-0.2, 0) is 23.0 Å². The van der Waals surface area contributed by atoms with Crippen LogP contribution >= 0.6 is 0 Å². The quantitative estimate of drug-likeness (QED) is 0.841. The summed E-state index contributed by atoms with van der Waals surface area (Å²) in [4.78, 5) is 2.45. The maximum absolute atomic E-state index is 12.1. The fourth-order valence-corrected chi connectivity index (χ4v) is 5.17. The van der Waals surface area contributed by atoms with Gasteiger partial charge in [-0.15, -0.1) is 0 Å². The Kier molecular flexibility index (Phi) is 2.91. The van der Waals surface area contributed by atoms with Gasteiger partial charge in [-0.05, 0) is 30.4 Å². The number of benzene rings is 1. The Morgan fingerprint density at radius 1 is 1.05 bits per heavy atom. The third kappa shape index (κ3) is 2.08. The summed E-state index contributed by atoms with van der Waals surface area (Å²) in [6.45, 7) is 3.42. The average molecular weight is 292 g/mol. The van der Waals surface area contributed by atoms with Crippen molar-refractivity contribution in [3.05, 3.63) is 35.4 Å². The second kappa shape index (κ2) is 4.55. The minimum atomic E-state index is -2.95. The van der Waals surface area contributed by atoms with Crippen LogP contribution in [-0.4, -0.2) is 48.5 Å². The molecule has 1 saturated carbocycles. The maximum atomic E-state index is 12.1. The van der Waals surface area contributed by atoms with Crippen molar-refractivity contribution >= 4 is 10.0 Å². The van der Waals surface area contributed by atoms with Gasteiger partial charge >= 0.3 is 0 Å². The molecule has 1 aromatic carbocycles. The molecule has 0 bridgehead atoms. The van der Waals surface area contributed by atoms with Crippen molar-refractivity contribution in [1.82, 2.24) is 9.21 Å². The number of hydrogen-bond acceptors (Lipinski definition) is 3. The monoisotopic (exact) mass is 292 g/mol. The first kappa shape index (κ1) is 12.8. The van der Waals surface area contributed by atoms with E-state index in [9.17, 15) is 8.42 Å². The van der Waals surface area contributed by atoms with Crippen molar-refractivity contribution in [1.29, 1.82) is 0 Å². The summed E-state index contributed by atoms with van der Waals surface area (Å²) in [5.41, 5.74) is 2.85. The summed E-state index contributed by atoms with van der Waals surface area (Å²) in [6, 6.07) is 9.00. The standard InChI is InChI=1S/C15H20N2O2S/c18-20(19,15-5-6-15)17-10-14(11-17)16-8-7-12-3-1-2-4-13(12)9-16/h1-4,14-15H,5-11H2. The molecule has 1 aliphatic carbocycles. The first-order chi connectivity index (χ1) is 9.64. The average Bonchev–Trinajstić information content (AvgIpc) is 3.21. The predicted octanol–water partition coefficient (Wildman–Crippen LogP) is 1.22. The molecule has 20 heavy (non-hydrogen) atoms. The Morgan fingerprint density at radius 3 is 2.45 bits per heavy atom. The number of hydrogen-bond donors (Lipinski definition) is 0. The molecule has 0 N–H and O–H groups in total. The van der Waals surface area contributed by atoms with Crippen molar-refractivity contribution in [2.45, 2.75) is 37.1 Å². The van der Waals surface area contributed by atoms with Crippen molar-refractivity contribution in [3.63, 3.8) is 0 Å². The van der Waals surface area contributed by atoms with E-state index in [1.165, 1.54) is 11.1 Å². The predicted molar refractivity (Wildman–Crippen MR) is 77.9 cm³/mol. The van der Waals surface area contributed by atoms with Gasteiger partial charge in [0.25, 0.3) is 0 Å². The van der Waals surface area contributed by atoms with Crippen molar-refractivity contribution in [3.8, 4) is 0 Å². The van der Waals surface area contributed by atoms with E-state index >= 15 is 0 Å². The number of fused-ring (bicyclic) bond motifs is 1. The van der Waals surface area contributed by atoms with E-state index in [0.29, 0.717) is 19.1 Å². The van der Waals surface area contributed by atoms with Crippen LogP contribution in [0.1, 0.15) is 24.0 Å². The van der Waals surface area contributed by atoms with Crippen molar-refractivity contribution < 1.29 is 8.42 Å². The molecule has 0 aromatic heterocycles. The molecule has 5 heteroatoms. The van der Waals surface area contributed by atoms with E-state index in [0.717, 1.165) is 32.4 Å². The fourth-order valence-electron chi connectivity index (χ4n) is 3.26. The maximum Gasteiger partial charge on any atom is 0.217 e. The lowest BCUT2D eigenvalue weighted by Gasteiger charge is -2.46. The molecule has 1 saturated heterocycles. The van der Waals surface area contributed by atoms with Gasteiger partial charge in [-0.25, -0.2) is 8.42 Å². The van der Waals surface area contributed by atoms with Crippen LogP contribution in [0.2, 0.25) is 0 Å². The molecule has 0 spiro atoms. The molecular formula is C15H20N2O2S. The highest BCUT2D eigenvalue weighted by Gasteiger charge is 2.46. The summed E-state index contributed by atoms with van der Waals surface area (Å²) in [5.74, 6) is 0. The highest BCUT2D eigenvalue weighted by Crippen LogP contribution is 2.34. The Bertz CT molecular complexity index is 619. The van der Waals surface area contributed by atoms with E-state index in [4.69, 9.17) is 0 Å². The van der Waals surface area contributed by atoms with E-state index in [2.05, 4.69) is 29.2 Å². The molecule has 0 unspecified atom stereocenters. The SMILES string of the molecule is O=S(=O)(C1CC1)N1CC(N2CCc3ccccc3C2)C1. The Morgan fingerprint density at radius 2 is 1.75 bits per heavy atom. The fraction of sp³-hybridized carbons (Fsp3) is 0.600. The first-order valence-electron chi connectivity index (χ1n) is 7.44. The molecule has 3 aliphatic rings. The molecule has 4 rings (SSSR count). The molecule has 0 amide bonds. The van der Waals surface area contributed by atoms with Crippen LogP contribution < -0.4 is 0 Å². The Hall–Kier alpha value is -0.910. The Balaban J connectivity index is 1.40.